The third-order valence-electron chi connectivity index (χ3n) is 3.04. The number of ether oxygens (including phenoxy) is 1. The molecule has 2 N–H and O–H groups in total. The Bertz CT molecular complexity index is 374. The minimum Gasteiger partial charge on any atom is -0.381 e. The second-order valence-electron chi connectivity index (χ2n) is 4.41. The molecule has 0 spiro atoms. The number of carbonyl (C=O) groups excluding carboxylic acids is 1. The molecule has 1 aromatic heterocycles. The molecule has 5 nitrogen and oxygen atoms in total. The second kappa shape index (κ2) is 5.12. The van der Waals surface area contributed by atoms with Crippen molar-refractivity contribution < 1.29 is 9.53 Å². The van der Waals surface area contributed by atoms with Gasteiger partial charge in [0.15, 0.2) is 0 Å². The predicted molar refractivity (Wildman–Crippen MR) is 65.6 cm³/mol. The molecule has 17 heavy (non-hydrogen) atoms. The molecule has 1 aliphatic heterocycles. The molecule has 2 heterocycles. The van der Waals surface area contributed by atoms with Gasteiger partial charge in [0.25, 0.3) is 0 Å². The fourth-order valence-corrected chi connectivity index (χ4v) is 2.51. The monoisotopic (exact) mass is 255 g/mol. The second-order valence-corrected chi connectivity index (χ2v) is 5.13. The van der Waals surface area contributed by atoms with Crippen LogP contribution in [0.25, 0.3) is 0 Å². The number of nitrogens with zero attached hydrogens (tertiary/aromatic N) is 2. The van der Waals surface area contributed by atoms with Crippen molar-refractivity contribution in [1.29, 1.82) is 0 Å². The Hall–Kier alpha value is -0.980. The Morgan fingerprint density at radius 1 is 1.65 bits per heavy atom. The third-order valence-corrected chi connectivity index (χ3v) is 3.68. The normalized spacial score (nSPS) is 18.9. The van der Waals surface area contributed by atoms with Crippen LogP contribution in [0.5, 0.6) is 0 Å². The van der Waals surface area contributed by atoms with Crippen LogP contribution < -0.4 is 5.73 Å². The summed E-state index contributed by atoms with van der Waals surface area (Å²) in [6, 6.07) is 0. The number of aromatic nitrogens is 1. The molecule has 1 aromatic rings. The van der Waals surface area contributed by atoms with Gasteiger partial charge in [0, 0.05) is 25.6 Å². The number of thiazole rings is 1. The number of amides is 1. The summed E-state index contributed by atoms with van der Waals surface area (Å²) in [5, 5.41) is 1.94. The molecule has 2 rings (SSSR count). The van der Waals surface area contributed by atoms with Crippen LogP contribution in [0.2, 0.25) is 0 Å². The van der Waals surface area contributed by atoms with Gasteiger partial charge in [-0.25, -0.2) is 4.98 Å². The van der Waals surface area contributed by atoms with E-state index in [2.05, 4.69) is 4.98 Å². The summed E-state index contributed by atoms with van der Waals surface area (Å²) in [5.74, 6) is -0.0196. The first-order chi connectivity index (χ1) is 8.12. The highest BCUT2D eigenvalue weighted by Crippen LogP contribution is 2.20. The third kappa shape index (κ3) is 2.83. The highest BCUT2D eigenvalue weighted by Gasteiger charge is 2.37. The molecule has 1 saturated heterocycles. The quantitative estimate of drug-likeness (QED) is 0.859. The van der Waals surface area contributed by atoms with E-state index in [1.165, 1.54) is 11.3 Å². The summed E-state index contributed by atoms with van der Waals surface area (Å²) in [6.45, 7) is 1.64. The van der Waals surface area contributed by atoms with Crippen LogP contribution in [0.15, 0.2) is 10.9 Å². The molecular formula is C11H17N3O2S. The maximum Gasteiger partial charge on any atom is 0.242 e. The van der Waals surface area contributed by atoms with Crippen LogP contribution in [0, 0.1) is 0 Å². The number of likely N-dealkylation sites (N-methyl/N-ethyl adjacent to an activating group) is 1. The Labute approximate surface area is 105 Å². The van der Waals surface area contributed by atoms with E-state index in [1.54, 1.807) is 17.5 Å². The number of rotatable bonds is 3. The zero-order valence-corrected chi connectivity index (χ0v) is 10.7. The van der Waals surface area contributed by atoms with E-state index >= 15 is 0 Å². The van der Waals surface area contributed by atoms with Crippen LogP contribution in [0.3, 0.4) is 0 Å². The number of hydrogen-bond acceptors (Lipinski definition) is 5. The van der Waals surface area contributed by atoms with Gasteiger partial charge >= 0.3 is 0 Å². The maximum atomic E-state index is 12.3. The molecule has 0 unspecified atom stereocenters. The minimum absolute atomic E-state index is 0.0196. The molecule has 0 aromatic carbocycles. The summed E-state index contributed by atoms with van der Waals surface area (Å²) in [4.78, 5) is 18.1. The molecule has 94 valence electrons. The Balaban J connectivity index is 1.98. The van der Waals surface area contributed by atoms with Crippen LogP contribution in [-0.4, -0.2) is 41.6 Å². The Kier molecular flexibility index (Phi) is 3.76. The van der Waals surface area contributed by atoms with E-state index < -0.39 is 5.54 Å². The van der Waals surface area contributed by atoms with Gasteiger partial charge in [0.05, 0.1) is 23.3 Å². The summed E-state index contributed by atoms with van der Waals surface area (Å²) < 4.78 is 5.24. The molecule has 6 heteroatoms. The number of nitrogens with two attached hydrogens (primary N) is 1. The average molecular weight is 255 g/mol. The van der Waals surface area contributed by atoms with Crippen molar-refractivity contribution in [1.82, 2.24) is 9.88 Å². The summed E-state index contributed by atoms with van der Waals surface area (Å²) >= 11 is 1.53. The molecule has 0 saturated carbocycles. The fourth-order valence-electron chi connectivity index (χ4n) is 1.96. The molecule has 0 bridgehead atoms. The molecule has 1 aliphatic rings. The van der Waals surface area contributed by atoms with E-state index in [0.717, 1.165) is 5.69 Å². The predicted octanol–water partition coefficient (Wildman–Crippen LogP) is 0.609. The summed E-state index contributed by atoms with van der Waals surface area (Å²) in [6.07, 6.45) is 1.18. The smallest absolute Gasteiger partial charge is 0.242 e. The fraction of sp³-hybridized carbons (Fsp3) is 0.636. The van der Waals surface area contributed by atoms with E-state index in [0.29, 0.717) is 32.6 Å². The van der Waals surface area contributed by atoms with Crippen molar-refractivity contribution >= 4 is 17.2 Å². The zero-order valence-electron chi connectivity index (χ0n) is 9.89. The zero-order chi connectivity index (χ0) is 12.3. The molecule has 1 fully saturated rings. The lowest BCUT2D eigenvalue weighted by Gasteiger charge is -2.35. The largest absolute Gasteiger partial charge is 0.381 e. The van der Waals surface area contributed by atoms with Crippen molar-refractivity contribution in [2.45, 2.75) is 24.9 Å². The van der Waals surface area contributed by atoms with Crippen LogP contribution in [0.1, 0.15) is 18.5 Å². The van der Waals surface area contributed by atoms with E-state index in [1.807, 2.05) is 5.38 Å². The SMILES string of the molecule is CN(Cc1cscn1)C(=O)C1(N)CCOCC1. The van der Waals surface area contributed by atoms with E-state index in [4.69, 9.17) is 10.5 Å². The van der Waals surface area contributed by atoms with E-state index in [9.17, 15) is 4.79 Å². The standard InChI is InChI=1S/C11H17N3O2S/c1-14(6-9-7-17-8-13-9)10(15)11(12)2-4-16-5-3-11/h7-8H,2-6,12H2,1H3. The van der Waals surface area contributed by atoms with Crippen molar-refractivity contribution in [3.63, 3.8) is 0 Å². The van der Waals surface area contributed by atoms with Gasteiger partial charge in [-0.05, 0) is 12.8 Å². The summed E-state index contributed by atoms with van der Waals surface area (Å²) in [5.41, 5.74) is 8.05. The molecule has 0 radical (unpaired) electrons. The molecule has 1 amide bonds. The average Bonchev–Trinajstić information content (AvgIpc) is 2.81. The lowest BCUT2D eigenvalue weighted by Crippen LogP contribution is -2.57. The number of carbonyl (C=O) groups is 1. The molecular weight excluding hydrogens is 238 g/mol. The molecule has 0 atom stereocenters. The molecule has 0 aliphatic carbocycles. The Morgan fingerprint density at radius 3 is 2.94 bits per heavy atom. The lowest BCUT2D eigenvalue weighted by molar-refractivity contribution is -0.139. The van der Waals surface area contributed by atoms with Crippen LogP contribution >= 0.6 is 11.3 Å². The van der Waals surface area contributed by atoms with Crippen LogP contribution in [-0.2, 0) is 16.1 Å². The van der Waals surface area contributed by atoms with Gasteiger partial charge in [-0.2, -0.15) is 0 Å². The highest BCUT2D eigenvalue weighted by atomic mass is 32.1. The van der Waals surface area contributed by atoms with E-state index in [-0.39, 0.29) is 5.91 Å². The van der Waals surface area contributed by atoms with Crippen LogP contribution in [0.4, 0.5) is 0 Å². The van der Waals surface area contributed by atoms with Gasteiger partial charge in [-0.15, -0.1) is 11.3 Å². The summed E-state index contributed by atoms with van der Waals surface area (Å²) in [7, 11) is 1.77. The van der Waals surface area contributed by atoms with Gasteiger partial charge in [0.1, 0.15) is 0 Å². The maximum absolute atomic E-state index is 12.3. The first-order valence-corrected chi connectivity index (χ1v) is 6.55. The van der Waals surface area contributed by atoms with Crippen molar-refractivity contribution in [2.24, 2.45) is 5.73 Å². The van der Waals surface area contributed by atoms with Crippen molar-refractivity contribution in [2.75, 3.05) is 20.3 Å². The van der Waals surface area contributed by atoms with Crippen molar-refractivity contribution in [3.8, 4) is 0 Å². The minimum atomic E-state index is -0.761. The van der Waals surface area contributed by atoms with Gasteiger partial charge in [-0.1, -0.05) is 0 Å². The van der Waals surface area contributed by atoms with Gasteiger partial charge in [-0.3, -0.25) is 4.79 Å². The lowest BCUT2D eigenvalue weighted by atomic mass is 9.90. The van der Waals surface area contributed by atoms with Gasteiger partial charge < -0.3 is 15.4 Å². The first kappa shape index (κ1) is 12.5. The highest BCUT2D eigenvalue weighted by molar-refractivity contribution is 7.07. The number of hydrogen-bond donors (Lipinski definition) is 1. The first-order valence-electron chi connectivity index (χ1n) is 5.61. The topological polar surface area (TPSA) is 68.5 Å². The van der Waals surface area contributed by atoms with Gasteiger partial charge in [0.2, 0.25) is 5.91 Å². The van der Waals surface area contributed by atoms with Crippen molar-refractivity contribution in [3.05, 3.63) is 16.6 Å². The Morgan fingerprint density at radius 2 is 2.35 bits per heavy atom.